The summed E-state index contributed by atoms with van der Waals surface area (Å²) in [5, 5.41) is 3.71. The van der Waals surface area contributed by atoms with E-state index in [0.717, 1.165) is 10.9 Å². The maximum Gasteiger partial charge on any atom is 0.253 e. The van der Waals surface area contributed by atoms with Gasteiger partial charge < -0.3 is 10.3 Å². The van der Waals surface area contributed by atoms with Crippen molar-refractivity contribution >= 4 is 26.6 Å². The summed E-state index contributed by atoms with van der Waals surface area (Å²) in [6, 6.07) is 7.59. The van der Waals surface area contributed by atoms with Crippen molar-refractivity contribution in [2.24, 2.45) is 5.92 Å². The first-order chi connectivity index (χ1) is 9.55. The summed E-state index contributed by atoms with van der Waals surface area (Å²) in [5.74, 6) is 0.294. The molecule has 0 saturated carbocycles. The molecule has 1 amide bonds. The van der Waals surface area contributed by atoms with E-state index in [1.54, 1.807) is 6.20 Å². The van der Waals surface area contributed by atoms with Crippen LogP contribution in [0.25, 0.3) is 10.9 Å². The average molecular weight is 292 g/mol. The zero-order valence-corrected chi connectivity index (χ0v) is 11.7. The fourth-order valence-corrected chi connectivity index (χ4v) is 4.49. The minimum absolute atomic E-state index is 0.0363. The molecule has 0 radical (unpaired) electrons. The molecule has 1 saturated heterocycles. The number of aromatic nitrogens is 1. The number of hydrogen-bond acceptors (Lipinski definition) is 3. The Bertz CT molecular complexity index is 749. The standard InChI is InChI=1S/C14H16N2O3S/c17-14(16-7-10-5-6-20(18,19)9-10)12-8-15-13-4-2-1-3-11(12)13/h1-4,8,10,15H,5-7,9H2,(H,16,17)/t10-/m0/s1. The normalized spacial score (nSPS) is 21.1. The van der Waals surface area contributed by atoms with Gasteiger partial charge in [-0.15, -0.1) is 0 Å². The molecule has 20 heavy (non-hydrogen) atoms. The Morgan fingerprint density at radius 1 is 1.35 bits per heavy atom. The minimum atomic E-state index is -2.89. The van der Waals surface area contributed by atoms with Crippen molar-refractivity contribution in [2.75, 3.05) is 18.1 Å². The minimum Gasteiger partial charge on any atom is -0.360 e. The van der Waals surface area contributed by atoms with Crippen LogP contribution in [0, 0.1) is 5.92 Å². The average Bonchev–Trinajstić information content (AvgIpc) is 2.99. The number of amides is 1. The molecule has 2 heterocycles. The zero-order chi connectivity index (χ0) is 14.2. The number of carbonyl (C=O) groups excluding carboxylic acids is 1. The second-order valence-electron chi connectivity index (χ2n) is 5.23. The molecule has 1 atom stereocenters. The van der Waals surface area contributed by atoms with Gasteiger partial charge in [0.15, 0.2) is 9.84 Å². The summed E-state index contributed by atoms with van der Waals surface area (Å²) < 4.78 is 22.7. The van der Waals surface area contributed by atoms with E-state index in [1.165, 1.54) is 0 Å². The highest BCUT2D eigenvalue weighted by molar-refractivity contribution is 7.91. The quantitative estimate of drug-likeness (QED) is 0.896. The molecule has 6 heteroatoms. The molecule has 2 aromatic rings. The van der Waals surface area contributed by atoms with E-state index in [9.17, 15) is 13.2 Å². The highest BCUT2D eigenvalue weighted by Crippen LogP contribution is 2.19. The number of benzene rings is 1. The Hall–Kier alpha value is -1.82. The van der Waals surface area contributed by atoms with E-state index in [0.29, 0.717) is 18.5 Å². The summed E-state index contributed by atoms with van der Waals surface area (Å²) in [5.41, 5.74) is 1.52. The predicted molar refractivity (Wildman–Crippen MR) is 77.4 cm³/mol. The van der Waals surface area contributed by atoms with Crippen molar-refractivity contribution in [2.45, 2.75) is 6.42 Å². The zero-order valence-electron chi connectivity index (χ0n) is 10.9. The largest absolute Gasteiger partial charge is 0.360 e. The third kappa shape index (κ3) is 2.56. The van der Waals surface area contributed by atoms with Crippen LogP contribution in [0.2, 0.25) is 0 Å². The molecule has 1 aromatic heterocycles. The molecular formula is C14H16N2O3S. The van der Waals surface area contributed by atoms with Gasteiger partial charge in [0.25, 0.3) is 5.91 Å². The van der Waals surface area contributed by atoms with Crippen molar-refractivity contribution in [3.05, 3.63) is 36.0 Å². The SMILES string of the molecule is O=C(NC[C@@H]1CCS(=O)(=O)C1)c1c[nH]c2ccccc12. The number of sulfone groups is 1. The molecule has 0 unspecified atom stereocenters. The van der Waals surface area contributed by atoms with Gasteiger partial charge in [0, 0.05) is 23.6 Å². The Morgan fingerprint density at radius 3 is 2.90 bits per heavy atom. The van der Waals surface area contributed by atoms with Gasteiger partial charge in [0.2, 0.25) is 0 Å². The van der Waals surface area contributed by atoms with E-state index in [-0.39, 0.29) is 23.3 Å². The van der Waals surface area contributed by atoms with Gasteiger partial charge in [-0.05, 0) is 18.4 Å². The number of hydrogen-bond donors (Lipinski definition) is 2. The molecule has 1 aliphatic rings. The molecule has 0 bridgehead atoms. The summed E-state index contributed by atoms with van der Waals surface area (Å²) in [6.07, 6.45) is 2.32. The molecule has 1 aliphatic heterocycles. The lowest BCUT2D eigenvalue weighted by atomic mass is 10.1. The van der Waals surface area contributed by atoms with Crippen LogP contribution in [0.4, 0.5) is 0 Å². The van der Waals surface area contributed by atoms with Crippen LogP contribution in [0.3, 0.4) is 0 Å². The number of para-hydroxylation sites is 1. The molecule has 1 aromatic carbocycles. The molecule has 3 rings (SSSR count). The lowest BCUT2D eigenvalue weighted by Crippen LogP contribution is -2.29. The number of carbonyl (C=O) groups is 1. The number of fused-ring (bicyclic) bond motifs is 1. The van der Waals surface area contributed by atoms with Gasteiger partial charge in [-0.25, -0.2) is 8.42 Å². The van der Waals surface area contributed by atoms with Crippen molar-refractivity contribution in [3.63, 3.8) is 0 Å². The molecule has 2 N–H and O–H groups in total. The summed E-state index contributed by atoms with van der Waals surface area (Å²) >= 11 is 0. The Labute approximate surface area is 117 Å². The lowest BCUT2D eigenvalue weighted by Gasteiger charge is -2.09. The molecular weight excluding hydrogens is 276 g/mol. The second kappa shape index (κ2) is 4.94. The van der Waals surface area contributed by atoms with Gasteiger partial charge in [-0.3, -0.25) is 4.79 Å². The van der Waals surface area contributed by atoms with Gasteiger partial charge in [0.1, 0.15) is 0 Å². The van der Waals surface area contributed by atoms with Crippen molar-refractivity contribution < 1.29 is 13.2 Å². The van der Waals surface area contributed by atoms with Crippen molar-refractivity contribution in [3.8, 4) is 0 Å². The maximum absolute atomic E-state index is 12.2. The number of H-pyrrole nitrogens is 1. The van der Waals surface area contributed by atoms with Crippen LogP contribution >= 0.6 is 0 Å². The second-order valence-corrected chi connectivity index (χ2v) is 7.46. The maximum atomic E-state index is 12.2. The Morgan fingerprint density at radius 2 is 2.15 bits per heavy atom. The monoisotopic (exact) mass is 292 g/mol. The fraction of sp³-hybridized carbons (Fsp3) is 0.357. The van der Waals surface area contributed by atoms with E-state index in [1.807, 2.05) is 24.3 Å². The highest BCUT2D eigenvalue weighted by atomic mass is 32.2. The molecule has 0 spiro atoms. The van der Waals surface area contributed by atoms with Gasteiger partial charge in [-0.1, -0.05) is 18.2 Å². The van der Waals surface area contributed by atoms with Gasteiger partial charge in [-0.2, -0.15) is 0 Å². The first-order valence-corrected chi connectivity index (χ1v) is 8.42. The summed E-state index contributed by atoms with van der Waals surface area (Å²) in [6.45, 7) is 0.414. The predicted octanol–water partition coefficient (Wildman–Crippen LogP) is 1.33. The van der Waals surface area contributed by atoms with Gasteiger partial charge >= 0.3 is 0 Å². The summed E-state index contributed by atoms with van der Waals surface area (Å²) in [7, 11) is -2.89. The molecule has 0 aliphatic carbocycles. The van der Waals surface area contributed by atoms with E-state index in [4.69, 9.17) is 0 Å². The van der Waals surface area contributed by atoms with Crippen LogP contribution in [0.5, 0.6) is 0 Å². The third-order valence-corrected chi connectivity index (χ3v) is 5.55. The van der Waals surface area contributed by atoms with E-state index >= 15 is 0 Å². The number of nitrogens with one attached hydrogen (secondary N) is 2. The van der Waals surface area contributed by atoms with Crippen molar-refractivity contribution in [1.29, 1.82) is 0 Å². The highest BCUT2D eigenvalue weighted by Gasteiger charge is 2.28. The number of aromatic amines is 1. The van der Waals surface area contributed by atoms with Crippen LogP contribution in [0.1, 0.15) is 16.8 Å². The van der Waals surface area contributed by atoms with E-state index in [2.05, 4.69) is 10.3 Å². The molecule has 5 nitrogen and oxygen atoms in total. The first kappa shape index (κ1) is 13.2. The number of rotatable bonds is 3. The Kier molecular flexibility index (Phi) is 3.25. The van der Waals surface area contributed by atoms with Gasteiger partial charge in [0.05, 0.1) is 17.1 Å². The third-order valence-electron chi connectivity index (χ3n) is 3.71. The Balaban J connectivity index is 1.68. The lowest BCUT2D eigenvalue weighted by molar-refractivity contribution is 0.0950. The smallest absolute Gasteiger partial charge is 0.253 e. The van der Waals surface area contributed by atoms with Crippen molar-refractivity contribution in [1.82, 2.24) is 10.3 Å². The fourth-order valence-electron chi connectivity index (χ4n) is 2.62. The van der Waals surface area contributed by atoms with E-state index < -0.39 is 9.84 Å². The molecule has 1 fully saturated rings. The summed E-state index contributed by atoms with van der Waals surface area (Å²) in [4.78, 5) is 15.2. The molecule has 106 valence electrons. The van der Waals surface area contributed by atoms with Crippen LogP contribution in [-0.2, 0) is 9.84 Å². The topological polar surface area (TPSA) is 79.0 Å². The van der Waals surface area contributed by atoms with Crippen LogP contribution in [-0.4, -0.2) is 37.4 Å². The van der Waals surface area contributed by atoms with Crippen LogP contribution < -0.4 is 5.32 Å². The van der Waals surface area contributed by atoms with Crippen LogP contribution in [0.15, 0.2) is 30.5 Å². The first-order valence-electron chi connectivity index (χ1n) is 6.60.